The minimum Gasteiger partial charge on any atom is -0.354 e. The quantitative estimate of drug-likeness (QED) is 0.338. The number of hydrogen-bond acceptors (Lipinski definition) is 4. The number of amides is 2. The Morgan fingerprint density at radius 3 is 2.15 bits per heavy atom. The Morgan fingerprint density at radius 1 is 0.897 bits per heavy atom. The number of aryl methyl sites for hydroxylation is 1. The highest BCUT2D eigenvalue weighted by Crippen LogP contribution is 2.31. The maximum Gasteiger partial charge on any atom is 0.264 e. The fourth-order valence-electron chi connectivity index (χ4n) is 4.02. The van der Waals surface area contributed by atoms with Gasteiger partial charge in [0.15, 0.2) is 0 Å². The molecule has 3 aromatic rings. The van der Waals surface area contributed by atoms with Crippen molar-refractivity contribution < 1.29 is 18.0 Å². The SMILES string of the molecule is Cc1ccc(CN(C(=O)CN(c2cccc(Cl)c2C)S(=O)(=O)c2ccccc2)C(C)C(=O)NCC(C)C)cc1. The van der Waals surface area contributed by atoms with Crippen LogP contribution in [0, 0.1) is 19.8 Å². The van der Waals surface area contributed by atoms with E-state index in [9.17, 15) is 18.0 Å². The Morgan fingerprint density at radius 2 is 1.54 bits per heavy atom. The summed E-state index contributed by atoms with van der Waals surface area (Å²) in [7, 11) is -4.14. The van der Waals surface area contributed by atoms with Crippen molar-refractivity contribution in [2.75, 3.05) is 17.4 Å². The molecular formula is C30H36ClN3O4S. The van der Waals surface area contributed by atoms with Gasteiger partial charge in [0.1, 0.15) is 12.6 Å². The number of rotatable bonds is 11. The van der Waals surface area contributed by atoms with Crippen LogP contribution < -0.4 is 9.62 Å². The van der Waals surface area contributed by atoms with E-state index in [1.807, 2.05) is 45.0 Å². The van der Waals surface area contributed by atoms with E-state index in [-0.39, 0.29) is 23.3 Å². The standard InChI is InChI=1S/C30H36ClN3O4S/c1-21(2)18-32-30(36)24(5)33(19-25-16-14-22(3)15-17-25)29(35)20-34(28-13-9-12-27(31)23(28)4)39(37,38)26-10-7-6-8-11-26/h6-17,21,24H,18-20H2,1-5H3,(H,32,36). The molecule has 39 heavy (non-hydrogen) atoms. The first kappa shape index (κ1) is 30.2. The van der Waals surface area contributed by atoms with Crippen LogP contribution in [0.4, 0.5) is 5.69 Å². The molecule has 1 N–H and O–H groups in total. The number of benzene rings is 3. The van der Waals surface area contributed by atoms with E-state index in [1.54, 1.807) is 50.2 Å². The number of nitrogens with zero attached hydrogens (tertiary/aromatic N) is 2. The molecule has 0 fully saturated rings. The number of nitrogens with one attached hydrogen (secondary N) is 1. The first-order chi connectivity index (χ1) is 18.4. The lowest BCUT2D eigenvalue weighted by atomic mass is 10.1. The van der Waals surface area contributed by atoms with Crippen molar-refractivity contribution in [1.29, 1.82) is 0 Å². The number of hydrogen-bond donors (Lipinski definition) is 1. The van der Waals surface area contributed by atoms with Crippen LogP contribution in [0.1, 0.15) is 37.5 Å². The van der Waals surface area contributed by atoms with Crippen LogP contribution in [0.3, 0.4) is 0 Å². The van der Waals surface area contributed by atoms with Crippen LogP contribution >= 0.6 is 11.6 Å². The van der Waals surface area contributed by atoms with E-state index in [0.29, 0.717) is 22.8 Å². The lowest BCUT2D eigenvalue weighted by molar-refractivity contribution is -0.139. The van der Waals surface area contributed by atoms with Crippen LogP contribution in [-0.4, -0.2) is 44.3 Å². The summed E-state index contributed by atoms with van der Waals surface area (Å²) in [6.07, 6.45) is 0. The maximum atomic E-state index is 14.0. The van der Waals surface area contributed by atoms with Crippen LogP contribution in [0.25, 0.3) is 0 Å². The second kappa shape index (κ2) is 13.1. The average Bonchev–Trinajstić information content (AvgIpc) is 2.91. The topological polar surface area (TPSA) is 86.8 Å². The predicted octanol–water partition coefficient (Wildman–Crippen LogP) is 5.34. The Hall–Kier alpha value is -3.36. The van der Waals surface area contributed by atoms with Gasteiger partial charge >= 0.3 is 0 Å². The summed E-state index contributed by atoms with van der Waals surface area (Å²) < 4.78 is 28.8. The van der Waals surface area contributed by atoms with Crippen molar-refractivity contribution in [3.63, 3.8) is 0 Å². The monoisotopic (exact) mass is 569 g/mol. The van der Waals surface area contributed by atoms with Crippen molar-refractivity contribution in [3.8, 4) is 0 Å². The van der Waals surface area contributed by atoms with Crippen LogP contribution in [-0.2, 0) is 26.2 Å². The third-order valence-electron chi connectivity index (χ3n) is 6.44. The molecule has 0 aliphatic rings. The molecule has 9 heteroatoms. The molecule has 208 valence electrons. The third-order valence-corrected chi connectivity index (χ3v) is 8.63. The lowest BCUT2D eigenvalue weighted by Crippen LogP contribution is -2.51. The average molecular weight is 570 g/mol. The van der Waals surface area contributed by atoms with Gasteiger partial charge in [-0.2, -0.15) is 0 Å². The van der Waals surface area contributed by atoms with E-state index in [1.165, 1.54) is 17.0 Å². The van der Waals surface area contributed by atoms with E-state index in [4.69, 9.17) is 11.6 Å². The zero-order valence-corrected chi connectivity index (χ0v) is 24.6. The van der Waals surface area contributed by atoms with E-state index in [0.717, 1.165) is 15.4 Å². The number of carbonyl (C=O) groups is 2. The van der Waals surface area contributed by atoms with E-state index < -0.39 is 28.5 Å². The largest absolute Gasteiger partial charge is 0.354 e. The fourth-order valence-corrected chi connectivity index (χ4v) is 5.69. The Kier molecular flexibility index (Phi) is 10.2. The zero-order chi connectivity index (χ0) is 28.7. The second-order valence-corrected chi connectivity index (χ2v) is 12.3. The number of sulfonamides is 1. The highest BCUT2D eigenvalue weighted by Gasteiger charge is 2.33. The molecule has 1 atom stereocenters. The van der Waals surface area contributed by atoms with Crippen LogP contribution in [0.15, 0.2) is 77.7 Å². The molecule has 2 amide bonds. The van der Waals surface area contributed by atoms with Crippen molar-refractivity contribution in [2.24, 2.45) is 5.92 Å². The Bertz CT molecular complexity index is 1390. The van der Waals surface area contributed by atoms with Crippen LogP contribution in [0.5, 0.6) is 0 Å². The molecule has 0 heterocycles. The van der Waals surface area contributed by atoms with Gasteiger partial charge in [0.05, 0.1) is 10.6 Å². The minimum atomic E-state index is -4.14. The summed E-state index contributed by atoms with van der Waals surface area (Å²) in [4.78, 5) is 28.5. The molecule has 1 unspecified atom stereocenters. The third kappa shape index (κ3) is 7.61. The maximum absolute atomic E-state index is 14.0. The van der Waals surface area contributed by atoms with E-state index in [2.05, 4.69) is 5.32 Å². The summed E-state index contributed by atoms with van der Waals surface area (Å²) in [5.74, 6) is -0.582. The molecule has 0 aromatic heterocycles. The highest BCUT2D eigenvalue weighted by atomic mass is 35.5. The van der Waals surface area contributed by atoms with Gasteiger partial charge in [-0.05, 0) is 62.1 Å². The number of carbonyl (C=O) groups excluding carboxylic acids is 2. The molecule has 0 saturated heterocycles. The van der Waals surface area contributed by atoms with Gasteiger partial charge < -0.3 is 10.2 Å². The van der Waals surface area contributed by atoms with Gasteiger partial charge in [-0.25, -0.2) is 8.42 Å². The molecule has 7 nitrogen and oxygen atoms in total. The molecule has 0 spiro atoms. The summed E-state index contributed by atoms with van der Waals surface area (Å²) in [6.45, 7) is 9.40. The molecule has 0 saturated carbocycles. The summed E-state index contributed by atoms with van der Waals surface area (Å²) in [6, 6.07) is 19.7. The van der Waals surface area contributed by atoms with Crippen molar-refractivity contribution in [2.45, 2.75) is 52.1 Å². The van der Waals surface area contributed by atoms with Crippen LogP contribution in [0.2, 0.25) is 5.02 Å². The van der Waals surface area contributed by atoms with Gasteiger partial charge in [-0.1, -0.05) is 79.5 Å². The van der Waals surface area contributed by atoms with Gasteiger partial charge in [0, 0.05) is 18.1 Å². The predicted molar refractivity (Wildman–Crippen MR) is 156 cm³/mol. The van der Waals surface area contributed by atoms with Gasteiger partial charge in [-0.15, -0.1) is 0 Å². The number of halogens is 1. The smallest absolute Gasteiger partial charge is 0.264 e. The first-order valence-corrected chi connectivity index (χ1v) is 14.7. The summed E-state index contributed by atoms with van der Waals surface area (Å²) in [5, 5.41) is 3.27. The molecule has 0 aliphatic heterocycles. The van der Waals surface area contributed by atoms with Crippen molar-refractivity contribution >= 4 is 39.1 Å². The number of anilines is 1. The summed E-state index contributed by atoms with van der Waals surface area (Å²) in [5.41, 5.74) is 2.72. The second-order valence-electron chi connectivity index (χ2n) is 10.0. The lowest BCUT2D eigenvalue weighted by Gasteiger charge is -2.32. The molecule has 0 bridgehead atoms. The van der Waals surface area contributed by atoms with Gasteiger partial charge in [0.2, 0.25) is 11.8 Å². The van der Waals surface area contributed by atoms with E-state index >= 15 is 0 Å². The molecule has 3 aromatic carbocycles. The first-order valence-electron chi connectivity index (χ1n) is 12.9. The van der Waals surface area contributed by atoms with Crippen molar-refractivity contribution in [3.05, 3.63) is 94.5 Å². The van der Waals surface area contributed by atoms with Crippen molar-refractivity contribution in [1.82, 2.24) is 10.2 Å². The molecule has 0 radical (unpaired) electrons. The Labute approximate surface area is 236 Å². The highest BCUT2D eigenvalue weighted by molar-refractivity contribution is 7.92. The molecule has 0 aliphatic carbocycles. The summed E-state index contributed by atoms with van der Waals surface area (Å²) >= 11 is 6.36. The Balaban J connectivity index is 2.04. The normalized spacial score (nSPS) is 12.2. The van der Waals surface area contributed by atoms with Gasteiger partial charge in [-0.3, -0.25) is 13.9 Å². The van der Waals surface area contributed by atoms with Gasteiger partial charge in [0.25, 0.3) is 10.0 Å². The zero-order valence-electron chi connectivity index (χ0n) is 23.0. The minimum absolute atomic E-state index is 0.0463. The molecule has 3 rings (SSSR count). The fraction of sp³-hybridized carbons (Fsp3) is 0.333. The molecular weight excluding hydrogens is 534 g/mol.